The van der Waals surface area contributed by atoms with Gasteiger partial charge in [0, 0.05) is 38.9 Å². The molecule has 1 atom stereocenters. The van der Waals surface area contributed by atoms with Gasteiger partial charge in [0.05, 0.1) is 5.69 Å². The van der Waals surface area contributed by atoms with Gasteiger partial charge in [0.15, 0.2) is 0 Å². The third-order valence-electron chi connectivity index (χ3n) is 2.49. The van der Waals surface area contributed by atoms with Crippen LogP contribution in [-0.4, -0.2) is 29.5 Å². The van der Waals surface area contributed by atoms with E-state index in [1.165, 1.54) is 5.69 Å². The zero-order valence-electron chi connectivity index (χ0n) is 9.86. The number of methoxy groups -OCH3 is 1. The maximum atomic E-state index is 6.03. The van der Waals surface area contributed by atoms with Crippen molar-refractivity contribution in [2.45, 2.75) is 32.2 Å². The molecule has 1 aromatic heterocycles. The quantitative estimate of drug-likeness (QED) is 0.715. The topological polar surface area (TPSA) is 53.1 Å². The molecule has 0 aromatic carbocycles. The Labute approximate surface area is 91.4 Å². The minimum Gasteiger partial charge on any atom is -0.385 e. The Morgan fingerprint density at radius 3 is 2.87 bits per heavy atom. The van der Waals surface area contributed by atoms with Crippen LogP contribution in [-0.2, 0) is 18.2 Å². The average molecular weight is 211 g/mol. The van der Waals surface area contributed by atoms with Gasteiger partial charge >= 0.3 is 0 Å². The normalized spacial score (nSPS) is 13.1. The fourth-order valence-corrected chi connectivity index (χ4v) is 1.72. The van der Waals surface area contributed by atoms with Gasteiger partial charge < -0.3 is 10.5 Å². The minimum atomic E-state index is 0.204. The molecular weight excluding hydrogens is 190 g/mol. The summed E-state index contributed by atoms with van der Waals surface area (Å²) in [7, 11) is 3.68. The highest BCUT2D eigenvalue weighted by Gasteiger charge is 2.08. The molecule has 4 heteroatoms. The summed E-state index contributed by atoms with van der Waals surface area (Å²) < 4.78 is 6.91. The molecule has 0 bridgehead atoms. The van der Waals surface area contributed by atoms with Crippen molar-refractivity contribution in [3.63, 3.8) is 0 Å². The molecule has 0 saturated carbocycles. The molecule has 0 fully saturated rings. The molecule has 86 valence electrons. The standard InChI is InChI=1S/C11H21N3O/c1-9-7-11(14(2)13-9)8-10(12)5-4-6-15-3/h7,10H,4-6,8,12H2,1-3H3. The third kappa shape index (κ3) is 4.01. The summed E-state index contributed by atoms with van der Waals surface area (Å²) >= 11 is 0. The molecule has 0 aliphatic rings. The van der Waals surface area contributed by atoms with Gasteiger partial charge in [-0.2, -0.15) is 5.10 Å². The summed E-state index contributed by atoms with van der Waals surface area (Å²) in [6.45, 7) is 2.79. The molecule has 1 heterocycles. The zero-order chi connectivity index (χ0) is 11.3. The molecule has 0 saturated heterocycles. The van der Waals surface area contributed by atoms with E-state index >= 15 is 0 Å². The van der Waals surface area contributed by atoms with Crippen LogP contribution in [0.25, 0.3) is 0 Å². The number of hydrogen-bond donors (Lipinski definition) is 1. The molecule has 1 aromatic rings. The number of nitrogens with two attached hydrogens (primary N) is 1. The van der Waals surface area contributed by atoms with E-state index in [2.05, 4.69) is 11.2 Å². The largest absolute Gasteiger partial charge is 0.385 e. The lowest BCUT2D eigenvalue weighted by atomic mass is 10.1. The summed E-state index contributed by atoms with van der Waals surface area (Å²) in [4.78, 5) is 0. The third-order valence-corrected chi connectivity index (χ3v) is 2.49. The first-order valence-corrected chi connectivity index (χ1v) is 5.37. The molecule has 0 spiro atoms. The smallest absolute Gasteiger partial charge is 0.0596 e. The highest BCUT2D eigenvalue weighted by Crippen LogP contribution is 2.07. The number of nitrogens with zero attached hydrogens (tertiary/aromatic N) is 2. The van der Waals surface area contributed by atoms with Crippen LogP contribution in [0.3, 0.4) is 0 Å². The molecule has 4 nitrogen and oxygen atoms in total. The van der Waals surface area contributed by atoms with E-state index < -0.39 is 0 Å². The van der Waals surface area contributed by atoms with E-state index in [4.69, 9.17) is 10.5 Å². The number of aromatic nitrogens is 2. The van der Waals surface area contributed by atoms with Gasteiger partial charge in [-0.05, 0) is 25.8 Å². The molecule has 0 amide bonds. The zero-order valence-corrected chi connectivity index (χ0v) is 9.86. The Morgan fingerprint density at radius 1 is 1.60 bits per heavy atom. The maximum Gasteiger partial charge on any atom is 0.0596 e. The first-order valence-electron chi connectivity index (χ1n) is 5.37. The van der Waals surface area contributed by atoms with Gasteiger partial charge in [0.2, 0.25) is 0 Å². The SMILES string of the molecule is COCCCC(N)Cc1cc(C)nn1C. The van der Waals surface area contributed by atoms with Crippen molar-refractivity contribution in [1.82, 2.24) is 9.78 Å². The van der Waals surface area contributed by atoms with E-state index in [1.807, 2.05) is 18.7 Å². The van der Waals surface area contributed by atoms with Crippen molar-refractivity contribution >= 4 is 0 Å². The summed E-state index contributed by atoms with van der Waals surface area (Å²) in [6.07, 6.45) is 2.91. The Bertz CT molecular complexity index is 296. The van der Waals surface area contributed by atoms with Gasteiger partial charge in [-0.25, -0.2) is 0 Å². The highest BCUT2D eigenvalue weighted by atomic mass is 16.5. The van der Waals surface area contributed by atoms with Gasteiger partial charge in [0.25, 0.3) is 0 Å². The van der Waals surface area contributed by atoms with Gasteiger partial charge in [0.1, 0.15) is 0 Å². The van der Waals surface area contributed by atoms with Crippen molar-refractivity contribution in [2.24, 2.45) is 12.8 Å². The number of ether oxygens (including phenoxy) is 1. The Hall–Kier alpha value is -0.870. The summed E-state index contributed by atoms with van der Waals surface area (Å²) in [6, 6.07) is 2.30. The van der Waals surface area contributed by atoms with Crippen molar-refractivity contribution in [2.75, 3.05) is 13.7 Å². The molecule has 0 radical (unpaired) electrons. The van der Waals surface area contributed by atoms with E-state index in [-0.39, 0.29) is 6.04 Å². The van der Waals surface area contributed by atoms with Crippen LogP contribution >= 0.6 is 0 Å². The van der Waals surface area contributed by atoms with Crippen molar-refractivity contribution in [3.05, 3.63) is 17.5 Å². The van der Waals surface area contributed by atoms with Crippen LogP contribution < -0.4 is 5.73 Å². The Morgan fingerprint density at radius 2 is 2.33 bits per heavy atom. The van der Waals surface area contributed by atoms with Crippen LogP contribution in [0.2, 0.25) is 0 Å². The fourth-order valence-electron chi connectivity index (χ4n) is 1.72. The van der Waals surface area contributed by atoms with Crippen LogP contribution in [0, 0.1) is 6.92 Å². The van der Waals surface area contributed by atoms with Crippen LogP contribution in [0.15, 0.2) is 6.07 Å². The molecule has 0 aliphatic carbocycles. The molecule has 1 unspecified atom stereocenters. The number of aryl methyl sites for hydroxylation is 2. The van der Waals surface area contributed by atoms with Crippen molar-refractivity contribution in [3.8, 4) is 0 Å². The molecule has 1 rings (SSSR count). The lowest BCUT2D eigenvalue weighted by molar-refractivity contribution is 0.190. The predicted molar refractivity (Wildman–Crippen MR) is 60.7 cm³/mol. The van der Waals surface area contributed by atoms with E-state index in [1.54, 1.807) is 7.11 Å². The maximum absolute atomic E-state index is 6.03. The summed E-state index contributed by atoms with van der Waals surface area (Å²) in [5.74, 6) is 0. The van der Waals surface area contributed by atoms with E-state index in [9.17, 15) is 0 Å². The van der Waals surface area contributed by atoms with Gasteiger partial charge in [-0.15, -0.1) is 0 Å². The van der Waals surface area contributed by atoms with Gasteiger partial charge in [-0.3, -0.25) is 4.68 Å². The van der Waals surface area contributed by atoms with Crippen molar-refractivity contribution < 1.29 is 4.74 Å². The summed E-state index contributed by atoms with van der Waals surface area (Å²) in [5.41, 5.74) is 8.29. The highest BCUT2D eigenvalue weighted by molar-refractivity contribution is 5.09. The van der Waals surface area contributed by atoms with Crippen LogP contribution in [0.5, 0.6) is 0 Å². The second-order valence-corrected chi connectivity index (χ2v) is 4.00. The molecule has 15 heavy (non-hydrogen) atoms. The van der Waals surface area contributed by atoms with E-state index in [0.717, 1.165) is 31.6 Å². The monoisotopic (exact) mass is 211 g/mol. The molecular formula is C11H21N3O. The minimum absolute atomic E-state index is 0.204. The van der Waals surface area contributed by atoms with Gasteiger partial charge in [-0.1, -0.05) is 0 Å². The predicted octanol–water partition coefficient (Wildman–Crippen LogP) is 1.02. The molecule has 0 aliphatic heterocycles. The fraction of sp³-hybridized carbons (Fsp3) is 0.727. The molecule has 2 N–H and O–H groups in total. The first kappa shape index (κ1) is 12.2. The van der Waals surface area contributed by atoms with Crippen LogP contribution in [0.4, 0.5) is 0 Å². The van der Waals surface area contributed by atoms with Crippen LogP contribution in [0.1, 0.15) is 24.2 Å². The summed E-state index contributed by atoms with van der Waals surface area (Å²) in [5, 5.41) is 4.30. The van der Waals surface area contributed by atoms with E-state index in [0.29, 0.717) is 0 Å². The Balaban J connectivity index is 2.37. The second-order valence-electron chi connectivity index (χ2n) is 4.00. The van der Waals surface area contributed by atoms with Crippen molar-refractivity contribution in [1.29, 1.82) is 0 Å². The average Bonchev–Trinajstić information content (AvgIpc) is 2.45. The number of rotatable bonds is 6. The lowest BCUT2D eigenvalue weighted by Crippen LogP contribution is -2.24. The number of hydrogen-bond acceptors (Lipinski definition) is 3. The second kappa shape index (κ2) is 5.88. The Kier molecular flexibility index (Phi) is 4.78. The lowest BCUT2D eigenvalue weighted by Gasteiger charge is -2.10. The first-order chi connectivity index (χ1) is 7.13.